The molecule has 0 radical (unpaired) electrons. The largest absolute Gasteiger partial charge is 0.365 e. The van der Waals surface area contributed by atoms with Crippen LogP contribution in [0.15, 0.2) is 24.3 Å². The summed E-state index contributed by atoms with van der Waals surface area (Å²) in [6.07, 6.45) is 4.56. The molecule has 118 valence electrons. The van der Waals surface area contributed by atoms with E-state index in [4.69, 9.17) is 11.6 Å². The third-order valence-corrected chi connectivity index (χ3v) is 5.55. The lowest BCUT2D eigenvalue weighted by Crippen LogP contribution is -2.06. The molecule has 0 saturated heterocycles. The summed E-state index contributed by atoms with van der Waals surface area (Å²) in [7, 11) is 0. The smallest absolute Gasteiger partial charge is 0.225 e. The second-order valence-corrected chi connectivity index (χ2v) is 7.10. The van der Waals surface area contributed by atoms with Crippen molar-refractivity contribution >= 4 is 39.0 Å². The molecule has 4 rings (SSSR count). The highest BCUT2D eigenvalue weighted by molar-refractivity contribution is 7.19. The summed E-state index contributed by atoms with van der Waals surface area (Å²) < 4.78 is 13.8. The minimum atomic E-state index is -0.219. The van der Waals surface area contributed by atoms with Crippen LogP contribution >= 0.6 is 22.9 Å². The molecular formula is C17H15ClFN3S. The molecule has 0 unspecified atom stereocenters. The van der Waals surface area contributed by atoms with Gasteiger partial charge < -0.3 is 5.32 Å². The van der Waals surface area contributed by atoms with Crippen molar-refractivity contribution in [1.82, 2.24) is 9.97 Å². The van der Waals surface area contributed by atoms with Crippen LogP contribution < -0.4 is 5.32 Å². The first kappa shape index (κ1) is 14.8. The fraction of sp³-hybridized carbons (Fsp3) is 0.294. The number of hydrogen-bond donors (Lipinski definition) is 1. The van der Waals surface area contributed by atoms with Gasteiger partial charge in [-0.05, 0) is 48.9 Å². The monoisotopic (exact) mass is 347 g/mol. The number of hydrogen-bond acceptors (Lipinski definition) is 4. The fourth-order valence-electron chi connectivity index (χ4n) is 3.08. The highest BCUT2D eigenvalue weighted by atomic mass is 35.5. The number of anilines is 1. The Morgan fingerprint density at radius 3 is 2.87 bits per heavy atom. The number of benzene rings is 1. The van der Waals surface area contributed by atoms with E-state index in [1.807, 2.05) is 6.07 Å². The zero-order valence-electron chi connectivity index (χ0n) is 12.4. The molecular weight excluding hydrogens is 333 g/mol. The summed E-state index contributed by atoms with van der Waals surface area (Å²) in [4.78, 5) is 11.0. The summed E-state index contributed by atoms with van der Waals surface area (Å²) in [6.45, 7) is 0.375. The van der Waals surface area contributed by atoms with Crippen LogP contribution in [0.3, 0.4) is 0 Å². The van der Waals surface area contributed by atoms with Crippen LogP contribution in [-0.4, -0.2) is 9.97 Å². The van der Waals surface area contributed by atoms with Crippen molar-refractivity contribution in [1.29, 1.82) is 0 Å². The van der Waals surface area contributed by atoms with Gasteiger partial charge in [-0.3, -0.25) is 0 Å². The van der Waals surface area contributed by atoms with Crippen molar-refractivity contribution in [2.45, 2.75) is 32.2 Å². The molecule has 1 aliphatic carbocycles. The number of nitrogens with one attached hydrogen (secondary N) is 1. The van der Waals surface area contributed by atoms with Gasteiger partial charge in [0, 0.05) is 17.0 Å². The summed E-state index contributed by atoms with van der Waals surface area (Å²) in [6, 6.07) is 6.75. The number of halogens is 2. The summed E-state index contributed by atoms with van der Waals surface area (Å²) >= 11 is 7.77. The number of rotatable bonds is 3. The van der Waals surface area contributed by atoms with Gasteiger partial charge in [0.15, 0.2) is 0 Å². The maximum atomic E-state index is 13.8. The molecule has 3 nitrogen and oxygen atoms in total. The predicted octanol–water partition coefficient (Wildman–Crippen LogP) is 4.97. The Morgan fingerprint density at radius 1 is 1.17 bits per heavy atom. The van der Waals surface area contributed by atoms with E-state index in [-0.39, 0.29) is 11.1 Å². The Labute approximate surface area is 142 Å². The average Bonchev–Trinajstić information content (AvgIpc) is 2.92. The maximum absolute atomic E-state index is 13.8. The van der Waals surface area contributed by atoms with Gasteiger partial charge in [-0.2, -0.15) is 0 Å². The second kappa shape index (κ2) is 6.06. The first-order valence-corrected chi connectivity index (χ1v) is 8.87. The van der Waals surface area contributed by atoms with Crippen molar-refractivity contribution in [2.24, 2.45) is 0 Å². The lowest BCUT2D eigenvalue weighted by Gasteiger charge is -2.13. The van der Waals surface area contributed by atoms with Crippen molar-refractivity contribution in [3.8, 4) is 0 Å². The Kier molecular flexibility index (Phi) is 3.91. The molecule has 0 atom stereocenters. The second-order valence-electron chi connectivity index (χ2n) is 5.68. The van der Waals surface area contributed by atoms with Crippen LogP contribution in [0.2, 0.25) is 5.28 Å². The first-order chi connectivity index (χ1) is 11.2. The minimum Gasteiger partial charge on any atom is -0.365 e. The molecule has 0 saturated carbocycles. The molecule has 0 spiro atoms. The molecule has 2 heterocycles. The van der Waals surface area contributed by atoms with Crippen molar-refractivity contribution in [3.63, 3.8) is 0 Å². The Hall–Kier alpha value is -1.72. The standard InChI is InChI=1S/C17H15ClFN3S/c18-17-21-15(20-9-10-5-1-3-7-12(10)19)14-11-6-2-4-8-13(11)23-16(14)22-17/h1,3,5,7H,2,4,6,8-9H2,(H,20,21,22). The van der Waals surface area contributed by atoms with Gasteiger partial charge in [0.05, 0.1) is 5.39 Å². The molecule has 23 heavy (non-hydrogen) atoms. The van der Waals surface area contributed by atoms with Gasteiger partial charge in [-0.1, -0.05) is 18.2 Å². The number of fused-ring (bicyclic) bond motifs is 3. The molecule has 3 aromatic rings. The van der Waals surface area contributed by atoms with E-state index >= 15 is 0 Å². The van der Waals surface area contributed by atoms with E-state index in [1.165, 1.54) is 29.3 Å². The Morgan fingerprint density at radius 2 is 2.00 bits per heavy atom. The van der Waals surface area contributed by atoms with Gasteiger partial charge in [0.2, 0.25) is 5.28 Å². The average molecular weight is 348 g/mol. The molecule has 0 fully saturated rings. The van der Waals surface area contributed by atoms with E-state index in [0.717, 1.165) is 23.1 Å². The van der Waals surface area contributed by atoms with Gasteiger partial charge in [0.1, 0.15) is 16.5 Å². The highest BCUT2D eigenvalue weighted by Crippen LogP contribution is 2.39. The van der Waals surface area contributed by atoms with Crippen LogP contribution in [0.1, 0.15) is 28.8 Å². The van der Waals surface area contributed by atoms with Crippen molar-refractivity contribution in [2.75, 3.05) is 5.32 Å². The zero-order valence-corrected chi connectivity index (χ0v) is 14.0. The molecule has 0 amide bonds. The van der Waals surface area contributed by atoms with Crippen LogP contribution in [0.5, 0.6) is 0 Å². The van der Waals surface area contributed by atoms with Crippen LogP contribution in [-0.2, 0) is 19.4 Å². The molecule has 1 aliphatic rings. The van der Waals surface area contributed by atoms with Crippen molar-refractivity contribution in [3.05, 3.63) is 51.4 Å². The Balaban J connectivity index is 1.74. The first-order valence-electron chi connectivity index (χ1n) is 7.67. The predicted molar refractivity (Wildman–Crippen MR) is 92.8 cm³/mol. The zero-order chi connectivity index (χ0) is 15.8. The topological polar surface area (TPSA) is 37.8 Å². The van der Waals surface area contributed by atoms with E-state index in [1.54, 1.807) is 23.5 Å². The molecule has 6 heteroatoms. The maximum Gasteiger partial charge on any atom is 0.225 e. The number of aryl methyl sites for hydroxylation is 2. The quantitative estimate of drug-likeness (QED) is 0.679. The number of thiophene rings is 1. The van der Waals surface area contributed by atoms with E-state index < -0.39 is 0 Å². The fourth-order valence-corrected chi connectivity index (χ4v) is 4.56. The number of nitrogens with zero attached hydrogens (tertiary/aromatic N) is 2. The molecule has 1 N–H and O–H groups in total. The normalized spacial score (nSPS) is 14.0. The summed E-state index contributed by atoms with van der Waals surface area (Å²) in [5, 5.41) is 4.54. The highest BCUT2D eigenvalue weighted by Gasteiger charge is 2.20. The van der Waals surface area contributed by atoms with E-state index in [2.05, 4.69) is 15.3 Å². The molecule has 0 bridgehead atoms. The molecule has 1 aromatic carbocycles. The lowest BCUT2D eigenvalue weighted by atomic mass is 9.97. The lowest BCUT2D eigenvalue weighted by molar-refractivity contribution is 0.613. The van der Waals surface area contributed by atoms with E-state index in [0.29, 0.717) is 17.9 Å². The molecule has 2 aromatic heterocycles. The van der Waals surface area contributed by atoms with Gasteiger partial charge >= 0.3 is 0 Å². The summed E-state index contributed by atoms with van der Waals surface area (Å²) in [5.74, 6) is 0.492. The van der Waals surface area contributed by atoms with E-state index in [9.17, 15) is 4.39 Å². The Bertz CT molecular complexity index is 878. The van der Waals surface area contributed by atoms with Crippen molar-refractivity contribution < 1.29 is 4.39 Å². The van der Waals surface area contributed by atoms with Gasteiger partial charge in [-0.15, -0.1) is 11.3 Å². The third kappa shape index (κ3) is 2.79. The van der Waals surface area contributed by atoms with Gasteiger partial charge in [0.25, 0.3) is 0 Å². The van der Waals surface area contributed by atoms with Crippen LogP contribution in [0.25, 0.3) is 10.2 Å². The third-order valence-electron chi connectivity index (χ3n) is 4.19. The minimum absolute atomic E-state index is 0.219. The summed E-state index contributed by atoms with van der Waals surface area (Å²) in [5.41, 5.74) is 1.95. The molecule has 0 aliphatic heterocycles. The van der Waals surface area contributed by atoms with Crippen LogP contribution in [0.4, 0.5) is 10.2 Å². The van der Waals surface area contributed by atoms with Gasteiger partial charge in [-0.25, -0.2) is 14.4 Å². The SMILES string of the molecule is Fc1ccccc1CNc1nc(Cl)nc2sc3c(c12)CCCC3. The van der Waals surface area contributed by atoms with Crippen LogP contribution in [0, 0.1) is 5.82 Å². The number of aromatic nitrogens is 2.